The van der Waals surface area contributed by atoms with Gasteiger partial charge in [-0.25, -0.2) is 0 Å². The third-order valence-electron chi connectivity index (χ3n) is 6.68. The van der Waals surface area contributed by atoms with Crippen LogP contribution in [0.4, 0.5) is 0 Å². The van der Waals surface area contributed by atoms with Crippen LogP contribution < -0.4 is 4.74 Å². The topological polar surface area (TPSA) is 133 Å². The minimum Gasteiger partial charge on any atom is -0.506 e. The van der Waals surface area contributed by atoms with Gasteiger partial charge in [0.15, 0.2) is 11.2 Å². The first-order chi connectivity index (χ1) is 15.9. The van der Waals surface area contributed by atoms with Gasteiger partial charge in [0.2, 0.25) is 0 Å². The number of carbonyl (C=O) groups excluding carboxylic acids is 1. The average Bonchev–Trinajstić information content (AvgIpc) is 3.21. The van der Waals surface area contributed by atoms with E-state index in [1.165, 1.54) is 13.2 Å². The van der Waals surface area contributed by atoms with E-state index in [0.29, 0.717) is 16.7 Å². The summed E-state index contributed by atoms with van der Waals surface area (Å²) in [5, 5.41) is 43.0. The Hall–Kier alpha value is -3.93. The maximum atomic E-state index is 13.0. The first-order valence-corrected chi connectivity index (χ1v) is 10.3. The van der Waals surface area contributed by atoms with E-state index in [1.54, 1.807) is 48.5 Å². The second-order valence-electron chi connectivity index (χ2n) is 8.22. The monoisotopic (exact) mass is 444 g/mol. The molecule has 33 heavy (non-hydrogen) atoms. The smallest absolute Gasteiger partial charge is 0.312 e. The van der Waals surface area contributed by atoms with E-state index < -0.39 is 35.1 Å². The number of aliphatic hydroxyl groups excluding tert-OH is 1. The molecule has 1 fully saturated rings. The number of fused-ring (bicyclic) bond motifs is 3. The van der Waals surface area contributed by atoms with Crippen LogP contribution in [0.2, 0.25) is 0 Å². The van der Waals surface area contributed by atoms with E-state index >= 15 is 0 Å². The third-order valence-corrected chi connectivity index (χ3v) is 6.68. The van der Waals surface area contributed by atoms with Crippen LogP contribution in [0.1, 0.15) is 28.3 Å². The molecule has 2 aliphatic rings. The first-order valence-electron chi connectivity index (χ1n) is 10.3. The van der Waals surface area contributed by atoms with Crippen molar-refractivity contribution < 1.29 is 29.6 Å². The zero-order chi connectivity index (χ0) is 23.4. The Bertz CT molecular complexity index is 1270. The normalized spacial score (nSPS) is 29.5. The number of ether oxygens (including phenoxy) is 2. The van der Waals surface area contributed by atoms with Gasteiger partial charge in [0.05, 0.1) is 30.9 Å². The number of hydrogen-bond donors (Lipinski definition) is 3. The minimum atomic E-state index is -2.16. The number of methoxy groups -OCH3 is 1. The van der Waals surface area contributed by atoms with Crippen molar-refractivity contribution in [3.8, 4) is 17.6 Å². The van der Waals surface area contributed by atoms with Gasteiger partial charge in [-0.2, -0.15) is 5.26 Å². The molecule has 3 aromatic rings. The van der Waals surface area contributed by atoms with Crippen molar-refractivity contribution in [2.24, 2.45) is 5.92 Å². The van der Waals surface area contributed by atoms with Crippen LogP contribution in [0.5, 0.6) is 11.5 Å². The fourth-order valence-corrected chi connectivity index (χ4v) is 5.34. The fourth-order valence-electron chi connectivity index (χ4n) is 5.34. The summed E-state index contributed by atoms with van der Waals surface area (Å²) in [5.41, 5.74) is -2.41. The highest BCUT2D eigenvalue weighted by Gasteiger charge is 2.78. The molecule has 8 heteroatoms. The molecular weight excluding hydrogens is 424 g/mol. The lowest BCUT2D eigenvalue weighted by atomic mass is 9.71. The van der Waals surface area contributed by atoms with Crippen molar-refractivity contribution in [3.05, 3.63) is 89.2 Å². The fraction of sp³-hybridized carbons (Fsp3) is 0.240. The van der Waals surface area contributed by atoms with Crippen molar-refractivity contribution in [2.75, 3.05) is 7.11 Å². The number of nitriles is 1. The van der Waals surface area contributed by atoms with Gasteiger partial charge >= 0.3 is 5.97 Å². The largest absolute Gasteiger partial charge is 0.506 e. The molecule has 166 valence electrons. The highest BCUT2D eigenvalue weighted by molar-refractivity contribution is 5.77. The Morgan fingerprint density at radius 2 is 1.88 bits per heavy atom. The lowest BCUT2D eigenvalue weighted by Crippen LogP contribution is -2.52. The van der Waals surface area contributed by atoms with Crippen LogP contribution in [0, 0.1) is 17.2 Å². The summed E-state index contributed by atoms with van der Waals surface area (Å²) in [6.45, 7) is 0. The lowest BCUT2D eigenvalue weighted by Gasteiger charge is -2.40. The van der Waals surface area contributed by atoms with Gasteiger partial charge in [-0.3, -0.25) is 9.78 Å². The van der Waals surface area contributed by atoms with E-state index in [0.717, 1.165) is 6.20 Å². The summed E-state index contributed by atoms with van der Waals surface area (Å²) >= 11 is 0. The first kappa shape index (κ1) is 20.9. The third kappa shape index (κ3) is 2.64. The minimum absolute atomic E-state index is 0.00416. The quantitative estimate of drug-likeness (QED) is 0.523. The highest BCUT2D eigenvalue weighted by atomic mass is 16.5. The molecule has 1 aromatic heterocycles. The molecule has 0 spiro atoms. The van der Waals surface area contributed by atoms with Crippen LogP contribution in [-0.4, -0.2) is 39.5 Å². The van der Waals surface area contributed by atoms with Gasteiger partial charge in [0.25, 0.3) is 0 Å². The molecule has 3 N–H and O–H groups in total. The van der Waals surface area contributed by atoms with Crippen LogP contribution in [0.25, 0.3) is 0 Å². The number of aromatic nitrogens is 1. The number of benzene rings is 2. The van der Waals surface area contributed by atoms with Gasteiger partial charge in [0.1, 0.15) is 23.3 Å². The summed E-state index contributed by atoms with van der Waals surface area (Å²) in [7, 11) is 1.22. The molecule has 0 radical (unpaired) electrons. The number of hydrogen-bond acceptors (Lipinski definition) is 8. The number of carbonyl (C=O) groups is 1. The molecule has 0 unspecified atom stereocenters. The van der Waals surface area contributed by atoms with Gasteiger partial charge in [-0.1, -0.05) is 42.5 Å². The molecule has 5 atom stereocenters. The number of aromatic hydroxyl groups is 1. The van der Waals surface area contributed by atoms with Crippen molar-refractivity contribution in [1.29, 1.82) is 5.26 Å². The molecule has 1 saturated carbocycles. The van der Waals surface area contributed by atoms with Gasteiger partial charge in [-0.15, -0.1) is 0 Å². The Balaban J connectivity index is 1.86. The van der Waals surface area contributed by atoms with Crippen molar-refractivity contribution in [1.82, 2.24) is 4.98 Å². The highest BCUT2D eigenvalue weighted by Crippen LogP contribution is 2.68. The van der Waals surface area contributed by atoms with Crippen molar-refractivity contribution in [3.63, 3.8) is 0 Å². The number of aliphatic hydroxyl groups is 2. The van der Waals surface area contributed by atoms with E-state index in [-0.39, 0.29) is 17.2 Å². The van der Waals surface area contributed by atoms with Crippen LogP contribution in [0.15, 0.2) is 66.9 Å². The molecule has 0 amide bonds. The number of pyridine rings is 1. The van der Waals surface area contributed by atoms with E-state index in [2.05, 4.69) is 11.1 Å². The molecule has 8 nitrogen and oxygen atoms in total. The molecule has 1 aliphatic heterocycles. The summed E-state index contributed by atoms with van der Waals surface area (Å²) in [6.07, 6.45) is -0.505. The number of esters is 1. The van der Waals surface area contributed by atoms with Crippen molar-refractivity contribution >= 4 is 5.97 Å². The van der Waals surface area contributed by atoms with E-state index in [9.17, 15) is 25.4 Å². The maximum absolute atomic E-state index is 13.0. The van der Waals surface area contributed by atoms with Crippen LogP contribution in [-0.2, 0) is 20.7 Å². The lowest BCUT2D eigenvalue weighted by molar-refractivity contribution is -0.162. The number of rotatable bonds is 3. The predicted octanol–water partition coefficient (Wildman–Crippen LogP) is 2.08. The molecule has 1 aliphatic carbocycles. The van der Waals surface area contributed by atoms with E-state index in [4.69, 9.17) is 9.47 Å². The molecule has 0 saturated heterocycles. The SMILES string of the molecule is COC(=O)[C@H]1[C@@H](O)[C@@]2(O)c3ncc(O)cc3O[C@@]2(c2ccc(C#N)cc2)[C@@H]1c1ccccc1. The van der Waals surface area contributed by atoms with Crippen LogP contribution in [0.3, 0.4) is 0 Å². The summed E-state index contributed by atoms with van der Waals surface area (Å²) in [4.78, 5) is 17.2. The van der Waals surface area contributed by atoms with Gasteiger partial charge < -0.3 is 24.8 Å². The molecule has 2 heterocycles. The van der Waals surface area contributed by atoms with Gasteiger partial charge in [-0.05, 0) is 23.3 Å². The zero-order valence-electron chi connectivity index (χ0n) is 17.5. The zero-order valence-corrected chi connectivity index (χ0v) is 17.5. The molecular formula is C25H20N2O6. The molecule has 0 bridgehead atoms. The second kappa shape index (κ2) is 7.30. The maximum Gasteiger partial charge on any atom is 0.312 e. The Kier molecular flexibility index (Phi) is 4.64. The Labute approximate surface area is 189 Å². The number of nitrogens with zero attached hydrogens (tertiary/aromatic N) is 2. The molecule has 5 rings (SSSR count). The van der Waals surface area contributed by atoms with Crippen molar-refractivity contribution in [2.45, 2.75) is 23.2 Å². The second-order valence-corrected chi connectivity index (χ2v) is 8.22. The van der Waals surface area contributed by atoms with E-state index in [1.807, 2.05) is 6.07 Å². The Morgan fingerprint density at radius 1 is 1.18 bits per heavy atom. The summed E-state index contributed by atoms with van der Waals surface area (Å²) in [6, 6.07) is 18.7. The predicted molar refractivity (Wildman–Crippen MR) is 114 cm³/mol. The summed E-state index contributed by atoms with van der Waals surface area (Å²) < 4.78 is 11.4. The van der Waals surface area contributed by atoms with Crippen LogP contribution >= 0.6 is 0 Å². The van der Waals surface area contributed by atoms with Gasteiger partial charge in [0, 0.05) is 12.0 Å². The average molecular weight is 444 g/mol. The standard InChI is InChI=1S/C25H20N2O6/c1-32-23(30)19-20(15-5-3-2-4-6-15)25(16-9-7-14(12-26)8-10-16)24(31,22(19)29)21-18(33-25)11-17(28)13-27-21/h2-11,13,19-20,22,28-29,31H,1H3/t19-,20-,22-,24+,25+/m1/s1. The summed E-state index contributed by atoms with van der Waals surface area (Å²) in [5.74, 6) is -2.89. The molecule has 2 aromatic carbocycles. The Morgan fingerprint density at radius 3 is 2.52 bits per heavy atom.